The van der Waals surface area contributed by atoms with Gasteiger partial charge in [0.25, 0.3) is 0 Å². The smallest absolute Gasteiger partial charge is 0.194 e. The summed E-state index contributed by atoms with van der Waals surface area (Å²) in [5, 5.41) is 0. The Balaban J connectivity index is 2.60. The van der Waals surface area contributed by atoms with Gasteiger partial charge in [-0.2, -0.15) is 0 Å². The van der Waals surface area contributed by atoms with Gasteiger partial charge in [0.05, 0.1) is 12.3 Å². The fourth-order valence-electron chi connectivity index (χ4n) is 1.19. The number of nitrogens with one attached hydrogen (secondary N) is 1. The molecule has 0 fully saturated rings. The number of nitrogens with zero attached hydrogens (tertiary/aromatic N) is 1. The molecular formula is C10H16N2O4. The van der Waals surface area contributed by atoms with Gasteiger partial charge in [0, 0.05) is 27.3 Å². The number of rotatable bonds is 7. The lowest BCUT2D eigenvalue weighted by atomic mass is 10.3. The predicted octanol–water partition coefficient (Wildman–Crippen LogP) is 0.920. The molecule has 6 heteroatoms. The summed E-state index contributed by atoms with van der Waals surface area (Å²) in [6, 6.07) is 0. The van der Waals surface area contributed by atoms with Crippen LogP contribution in [0.5, 0.6) is 0 Å². The molecule has 0 radical (unpaired) electrons. The van der Waals surface area contributed by atoms with Gasteiger partial charge in [0.15, 0.2) is 11.6 Å². The minimum Gasteiger partial charge on any atom is -0.373 e. The summed E-state index contributed by atoms with van der Waals surface area (Å²) in [5.74, 6) is 0.211. The van der Waals surface area contributed by atoms with Crippen molar-refractivity contribution in [1.82, 2.24) is 9.97 Å². The first-order chi connectivity index (χ1) is 7.69. The fraction of sp³-hybridized carbons (Fsp3) is 0.600. The van der Waals surface area contributed by atoms with E-state index in [4.69, 9.17) is 14.2 Å². The van der Waals surface area contributed by atoms with Crippen LogP contribution in [0.25, 0.3) is 0 Å². The quantitative estimate of drug-likeness (QED) is 0.427. The SMILES string of the molecule is COCOCC(OC)c1c[nH]c(C(C)=O)n1. The zero-order chi connectivity index (χ0) is 12.0. The van der Waals surface area contributed by atoms with Crippen LogP contribution >= 0.6 is 0 Å². The Morgan fingerprint density at radius 1 is 1.56 bits per heavy atom. The van der Waals surface area contributed by atoms with Crippen LogP contribution < -0.4 is 0 Å². The molecule has 0 bridgehead atoms. The monoisotopic (exact) mass is 228 g/mol. The van der Waals surface area contributed by atoms with Crippen molar-refractivity contribution in [3.63, 3.8) is 0 Å². The van der Waals surface area contributed by atoms with Crippen LogP contribution in [0, 0.1) is 0 Å². The minimum absolute atomic E-state index is 0.112. The van der Waals surface area contributed by atoms with E-state index in [-0.39, 0.29) is 18.7 Å². The summed E-state index contributed by atoms with van der Waals surface area (Å²) in [6.07, 6.45) is 1.33. The molecule has 1 N–H and O–H groups in total. The molecule has 1 atom stereocenters. The minimum atomic E-state index is -0.306. The summed E-state index contributed by atoms with van der Waals surface area (Å²) in [6.45, 7) is 1.97. The molecule has 0 spiro atoms. The zero-order valence-corrected chi connectivity index (χ0v) is 9.65. The number of hydrogen-bond acceptors (Lipinski definition) is 5. The van der Waals surface area contributed by atoms with Gasteiger partial charge >= 0.3 is 0 Å². The number of hydrogen-bond donors (Lipinski definition) is 1. The van der Waals surface area contributed by atoms with Crippen molar-refractivity contribution < 1.29 is 19.0 Å². The Morgan fingerprint density at radius 2 is 2.31 bits per heavy atom. The largest absolute Gasteiger partial charge is 0.373 e. The maximum atomic E-state index is 11.0. The van der Waals surface area contributed by atoms with Crippen LogP contribution in [0.1, 0.15) is 29.3 Å². The van der Waals surface area contributed by atoms with Crippen molar-refractivity contribution in [3.05, 3.63) is 17.7 Å². The summed E-state index contributed by atoms with van der Waals surface area (Å²) < 4.78 is 15.1. The molecule has 1 rings (SSSR count). The first-order valence-electron chi connectivity index (χ1n) is 4.84. The number of methoxy groups -OCH3 is 2. The number of carbonyl (C=O) groups excluding carboxylic acids is 1. The highest BCUT2D eigenvalue weighted by molar-refractivity contribution is 5.90. The van der Waals surface area contributed by atoms with Gasteiger partial charge in [-0.15, -0.1) is 0 Å². The maximum Gasteiger partial charge on any atom is 0.194 e. The third-order valence-electron chi connectivity index (χ3n) is 2.02. The van der Waals surface area contributed by atoms with Crippen LogP contribution in [-0.4, -0.2) is 43.4 Å². The van der Waals surface area contributed by atoms with Crippen molar-refractivity contribution >= 4 is 5.78 Å². The Labute approximate surface area is 93.9 Å². The molecule has 0 aliphatic heterocycles. The second-order valence-electron chi connectivity index (χ2n) is 3.23. The Kier molecular flexibility index (Phi) is 5.10. The predicted molar refractivity (Wildman–Crippen MR) is 56.2 cm³/mol. The molecule has 0 aliphatic carbocycles. The molecule has 1 unspecified atom stereocenters. The molecule has 0 saturated heterocycles. The number of aromatic amines is 1. The third-order valence-corrected chi connectivity index (χ3v) is 2.02. The van der Waals surface area contributed by atoms with Crippen molar-refractivity contribution in [1.29, 1.82) is 0 Å². The highest BCUT2D eigenvalue weighted by Gasteiger charge is 2.15. The first-order valence-corrected chi connectivity index (χ1v) is 4.84. The number of H-pyrrole nitrogens is 1. The number of aromatic nitrogens is 2. The summed E-state index contributed by atoms with van der Waals surface area (Å²) in [5.41, 5.74) is 0.642. The van der Waals surface area contributed by atoms with Crippen molar-refractivity contribution in [2.75, 3.05) is 27.6 Å². The van der Waals surface area contributed by atoms with Crippen LogP contribution in [0.15, 0.2) is 6.20 Å². The Hall–Kier alpha value is -1.24. The third kappa shape index (κ3) is 3.41. The second kappa shape index (κ2) is 6.37. The van der Waals surface area contributed by atoms with E-state index >= 15 is 0 Å². The highest BCUT2D eigenvalue weighted by atomic mass is 16.7. The number of imidazole rings is 1. The summed E-state index contributed by atoms with van der Waals surface area (Å²) in [4.78, 5) is 17.9. The van der Waals surface area contributed by atoms with E-state index in [2.05, 4.69) is 9.97 Å². The molecule has 1 aromatic rings. The maximum absolute atomic E-state index is 11.0. The summed E-state index contributed by atoms with van der Waals surface area (Å²) >= 11 is 0. The zero-order valence-electron chi connectivity index (χ0n) is 9.65. The summed E-state index contributed by atoms with van der Waals surface area (Å²) in [7, 11) is 3.10. The van der Waals surface area contributed by atoms with Gasteiger partial charge in [-0.25, -0.2) is 4.98 Å². The lowest BCUT2D eigenvalue weighted by molar-refractivity contribution is -0.0720. The van der Waals surface area contributed by atoms with Gasteiger partial charge in [-0.05, 0) is 0 Å². The molecular weight excluding hydrogens is 212 g/mol. The van der Waals surface area contributed by atoms with E-state index in [1.165, 1.54) is 6.92 Å². The normalized spacial score (nSPS) is 12.7. The molecule has 0 aliphatic rings. The van der Waals surface area contributed by atoms with E-state index in [0.717, 1.165) is 0 Å². The van der Waals surface area contributed by atoms with Crippen molar-refractivity contribution in [2.24, 2.45) is 0 Å². The lowest BCUT2D eigenvalue weighted by Crippen LogP contribution is -2.12. The Bertz CT molecular complexity index is 337. The van der Waals surface area contributed by atoms with Crippen LogP contribution in [-0.2, 0) is 14.2 Å². The molecule has 0 amide bonds. The van der Waals surface area contributed by atoms with Gasteiger partial charge in [0.1, 0.15) is 12.9 Å². The Morgan fingerprint density at radius 3 is 2.81 bits per heavy atom. The highest BCUT2D eigenvalue weighted by Crippen LogP contribution is 2.14. The van der Waals surface area contributed by atoms with Crippen molar-refractivity contribution in [3.8, 4) is 0 Å². The second-order valence-corrected chi connectivity index (χ2v) is 3.23. The van der Waals surface area contributed by atoms with Gasteiger partial charge in [0.2, 0.25) is 0 Å². The molecule has 0 saturated carbocycles. The molecule has 1 heterocycles. The fourth-order valence-corrected chi connectivity index (χ4v) is 1.19. The lowest BCUT2D eigenvalue weighted by Gasteiger charge is -2.12. The topological polar surface area (TPSA) is 73.4 Å². The van der Waals surface area contributed by atoms with Crippen LogP contribution in [0.4, 0.5) is 0 Å². The van der Waals surface area contributed by atoms with Gasteiger partial charge in [-0.1, -0.05) is 0 Å². The number of ether oxygens (including phenoxy) is 3. The molecule has 6 nitrogen and oxygen atoms in total. The van der Waals surface area contributed by atoms with Crippen LogP contribution in [0.3, 0.4) is 0 Å². The van der Waals surface area contributed by atoms with Gasteiger partial charge < -0.3 is 19.2 Å². The molecule has 16 heavy (non-hydrogen) atoms. The average molecular weight is 228 g/mol. The molecule has 0 aromatic carbocycles. The van der Waals surface area contributed by atoms with Gasteiger partial charge in [-0.3, -0.25) is 4.79 Å². The standard InChI is InChI=1S/C10H16N2O4/c1-7(13)10-11-4-8(12-10)9(15-3)5-16-6-14-2/h4,9H,5-6H2,1-3H3,(H,11,12). The number of Topliss-reactive ketones (excluding diaryl/α,β-unsaturated/α-hetero) is 1. The number of ketones is 1. The molecule has 90 valence electrons. The molecule has 1 aromatic heterocycles. The van der Waals surface area contributed by atoms with E-state index in [1.54, 1.807) is 20.4 Å². The van der Waals surface area contributed by atoms with Crippen LogP contribution in [0.2, 0.25) is 0 Å². The first kappa shape index (κ1) is 12.8. The van der Waals surface area contributed by atoms with E-state index in [1.807, 2.05) is 0 Å². The van der Waals surface area contributed by atoms with Crippen molar-refractivity contribution in [2.45, 2.75) is 13.0 Å². The van der Waals surface area contributed by atoms with E-state index in [9.17, 15) is 4.79 Å². The van der Waals surface area contributed by atoms with E-state index in [0.29, 0.717) is 18.1 Å². The average Bonchev–Trinajstić information content (AvgIpc) is 2.74. The van der Waals surface area contributed by atoms with E-state index < -0.39 is 0 Å². The number of carbonyl (C=O) groups is 1.